The normalized spacial score (nSPS) is 10.6. The van der Waals surface area contributed by atoms with Crippen LogP contribution in [-0.2, 0) is 4.79 Å². The quantitative estimate of drug-likeness (QED) is 0.693. The first-order valence-corrected chi connectivity index (χ1v) is 9.59. The molecule has 0 radical (unpaired) electrons. The zero-order valence-electron chi connectivity index (χ0n) is 15.4. The van der Waals surface area contributed by atoms with Crippen LogP contribution in [0.5, 0.6) is 0 Å². The molecule has 26 heavy (non-hydrogen) atoms. The lowest BCUT2D eigenvalue weighted by Crippen LogP contribution is -2.30. The van der Waals surface area contributed by atoms with Gasteiger partial charge in [0.15, 0.2) is 0 Å². The van der Waals surface area contributed by atoms with Gasteiger partial charge in [-0.2, -0.15) is 0 Å². The summed E-state index contributed by atoms with van der Waals surface area (Å²) >= 11 is 1.26. The molecule has 0 atom stereocenters. The molecule has 2 amide bonds. The van der Waals surface area contributed by atoms with E-state index < -0.39 is 5.91 Å². The Bertz CT molecular complexity index is 760. The molecule has 0 saturated carbocycles. The van der Waals surface area contributed by atoms with Crippen molar-refractivity contribution in [2.45, 2.75) is 31.7 Å². The van der Waals surface area contributed by atoms with Crippen molar-refractivity contribution < 1.29 is 9.59 Å². The van der Waals surface area contributed by atoms with Gasteiger partial charge in [-0.3, -0.25) is 9.59 Å². The predicted octanol–water partition coefficient (Wildman–Crippen LogP) is 3.75. The zero-order chi connectivity index (χ0) is 19.1. The summed E-state index contributed by atoms with van der Waals surface area (Å²) in [7, 11) is 0. The molecule has 0 aromatic heterocycles. The van der Waals surface area contributed by atoms with E-state index in [0.717, 1.165) is 22.8 Å². The van der Waals surface area contributed by atoms with Crippen molar-refractivity contribution >= 4 is 35.0 Å². The maximum absolute atomic E-state index is 12.6. The first kappa shape index (κ1) is 19.8. The van der Waals surface area contributed by atoms with Crippen molar-refractivity contribution in [3.63, 3.8) is 0 Å². The summed E-state index contributed by atoms with van der Waals surface area (Å²) in [4.78, 5) is 26.6. The Morgan fingerprint density at radius 1 is 1.12 bits per heavy atom. The van der Waals surface area contributed by atoms with Crippen LogP contribution >= 0.6 is 11.8 Å². The lowest BCUT2D eigenvalue weighted by molar-refractivity contribution is -0.115. The van der Waals surface area contributed by atoms with Gasteiger partial charge in [-0.25, -0.2) is 0 Å². The largest absolute Gasteiger partial charge is 0.369 e. The van der Waals surface area contributed by atoms with Gasteiger partial charge in [-0.15, -0.1) is 11.8 Å². The number of primary amides is 1. The number of anilines is 2. The fourth-order valence-corrected chi connectivity index (χ4v) is 3.50. The molecule has 0 saturated heterocycles. The van der Waals surface area contributed by atoms with E-state index in [9.17, 15) is 9.59 Å². The predicted molar refractivity (Wildman–Crippen MR) is 109 cm³/mol. The molecule has 2 rings (SSSR count). The highest BCUT2D eigenvalue weighted by molar-refractivity contribution is 8.00. The van der Waals surface area contributed by atoms with Gasteiger partial charge in [0.2, 0.25) is 5.91 Å². The number of thioether (sulfide) groups is 1. The second kappa shape index (κ2) is 9.29. The van der Waals surface area contributed by atoms with Crippen LogP contribution < -0.4 is 16.0 Å². The third-order valence-electron chi connectivity index (χ3n) is 3.92. The van der Waals surface area contributed by atoms with Crippen molar-refractivity contribution in [1.82, 2.24) is 0 Å². The van der Waals surface area contributed by atoms with Crippen molar-refractivity contribution in [2.75, 3.05) is 22.5 Å². The number of carbonyl (C=O) groups is 2. The Morgan fingerprint density at radius 2 is 1.77 bits per heavy atom. The van der Waals surface area contributed by atoms with Crippen LogP contribution in [0.2, 0.25) is 0 Å². The second-order valence-electron chi connectivity index (χ2n) is 6.13. The van der Waals surface area contributed by atoms with Crippen LogP contribution in [0.3, 0.4) is 0 Å². The van der Waals surface area contributed by atoms with E-state index >= 15 is 0 Å². The maximum Gasteiger partial charge on any atom is 0.256 e. The molecule has 0 fully saturated rings. The number of nitrogens with two attached hydrogens (primary N) is 1. The number of carbonyl (C=O) groups excluding carboxylic acids is 2. The van der Waals surface area contributed by atoms with Gasteiger partial charge in [-0.1, -0.05) is 12.1 Å². The monoisotopic (exact) mass is 371 g/mol. The molecule has 3 N–H and O–H groups in total. The highest BCUT2D eigenvalue weighted by Crippen LogP contribution is 2.24. The fraction of sp³-hybridized carbons (Fsp3) is 0.300. The Kier molecular flexibility index (Phi) is 7.09. The summed E-state index contributed by atoms with van der Waals surface area (Å²) < 4.78 is 0. The van der Waals surface area contributed by atoms with Crippen LogP contribution in [-0.4, -0.2) is 30.2 Å². The number of amides is 2. The minimum atomic E-state index is -0.411. The number of rotatable bonds is 8. The van der Waals surface area contributed by atoms with Crippen molar-refractivity contribution in [3.8, 4) is 0 Å². The van der Waals surface area contributed by atoms with Gasteiger partial charge >= 0.3 is 0 Å². The molecule has 5 nitrogen and oxygen atoms in total. The minimum absolute atomic E-state index is 0.140. The van der Waals surface area contributed by atoms with Crippen LogP contribution in [0.4, 0.5) is 11.4 Å². The van der Waals surface area contributed by atoms with E-state index in [1.54, 1.807) is 12.1 Å². The molecular weight excluding hydrogens is 346 g/mol. The topological polar surface area (TPSA) is 75.4 Å². The Hall–Kier alpha value is -2.47. The average molecular weight is 372 g/mol. The first-order valence-electron chi connectivity index (χ1n) is 8.60. The van der Waals surface area contributed by atoms with Gasteiger partial charge in [0.25, 0.3) is 5.91 Å². The van der Waals surface area contributed by atoms with Crippen molar-refractivity contribution in [3.05, 3.63) is 54.1 Å². The van der Waals surface area contributed by atoms with Crippen molar-refractivity contribution in [2.24, 2.45) is 5.73 Å². The Morgan fingerprint density at radius 3 is 2.35 bits per heavy atom. The number of hydrogen-bond acceptors (Lipinski definition) is 4. The van der Waals surface area contributed by atoms with Gasteiger partial charge in [0.1, 0.15) is 0 Å². The number of hydrogen-bond donors (Lipinski definition) is 2. The number of nitrogens with one attached hydrogen (secondary N) is 1. The van der Waals surface area contributed by atoms with Crippen LogP contribution in [0, 0.1) is 0 Å². The van der Waals surface area contributed by atoms with Crippen LogP contribution in [0.1, 0.15) is 31.1 Å². The summed E-state index contributed by atoms with van der Waals surface area (Å²) in [6.45, 7) is 7.35. The molecule has 6 heteroatoms. The Balaban J connectivity index is 2.12. The van der Waals surface area contributed by atoms with Gasteiger partial charge < -0.3 is 16.0 Å². The molecule has 138 valence electrons. The number of benzene rings is 2. The molecule has 0 bridgehead atoms. The molecular formula is C20H25N3O2S. The fourth-order valence-electron chi connectivity index (χ4n) is 2.71. The SMILES string of the molecule is CCN(c1ccc(NC(=O)c2ccccc2SCC(N)=O)cc1)C(C)C. The van der Waals surface area contributed by atoms with Gasteiger partial charge in [0.05, 0.1) is 11.3 Å². The van der Waals surface area contributed by atoms with Gasteiger partial charge in [0, 0.05) is 28.9 Å². The van der Waals surface area contributed by atoms with E-state index in [1.165, 1.54) is 11.8 Å². The van der Waals surface area contributed by atoms with Gasteiger partial charge in [-0.05, 0) is 57.2 Å². The Labute approximate surface area is 159 Å². The van der Waals surface area contributed by atoms with E-state index in [0.29, 0.717) is 11.6 Å². The highest BCUT2D eigenvalue weighted by Gasteiger charge is 2.13. The summed E-state index contributed by atoms with van der Waals surface area (Å²) in [6, 6.07) is 15.4. The smallest absolute Gasteiger partial charge is 0.256 e. The molecule has 0 unspecified atom stereocenters. The molecule has 0 aliphatic heterocycles. The number of nitrogens with zero attached hydrogens (tertiary/aromatic N) is 1. The van der Waals surface area contributed by atoms with E-state index in [2.05, 4.69) is 31.0 Å². The van der Waals surface area contributed by atoms with E-state index in [1.807, 2.05) is 36.4 Å². The molecule has 2 aromatic rings. The summed E-state index contributed by atoms with van der Waals surface area (Å²) in [5.74, 6) is -0.478. The molecule has 2 aromatic carbocycles. The molecule has 0 heterocycles. The second-order valence-corrected chi connectivity index (χ2v) is 7.15. The van der Waals surface area contributed by atoms with E-state index in [4.69, 9.17) is 5.73 Å². The highest BCUT2D eigenvalue weighted by atomic mass is 32.2. The lowest BCUT2D eigenvalue weighted by atomic mass is 10.2. The summed E-state index contributed by atoms with van der Waals surface area (Å²) in [6.07, 6.45) is 0. The first-order chi connectivity index (χ1) is 12.4. The average Bonchev–Trinajstić information content (AvgIpc) is 2.62. The molecule has 0 aliphatic carbocycles. The molecule has 0 spiro atoms. The zero-order valence-corrected chi connectivity index (χ0v) is 16.2. The van der Waals surface area contributed by atoms with E-state index in [-0.39, 0.29) is 11.7 Å². The summed E-state index contributed by atoms with van der Waals surface area (Å²) in [5, 5.41) is 2.91. The lowest BCUT2D eigenvalue weighted by Gasteiger charge is -2.27. The molecule has 0 aliphatic rings. The third-order valence-corrected chi connectivity index (χ3v) is 5.02. The maximum atomic E-state index is 12.6. The minimum Gasteiger partial charge on any atom is -0.369 e. The summed E-state index contributed by atoms with van der Waals surface area (Å²) in [5.41, 5.74) is 7.58. The third kappa shape index (κ3) is 5.26. The van der Waals surface area contributed by atoms with Crippen LogP contribution in [0.25, 0.3) is 0 Å². The van der Waals surface area contributed by atoms with Crippen molar-refractivity contribution in [1.29, 1.82) is 0 Å². The van der Waals surface area contributed by atoms with Crippen LogP contribution in [0.15, 0.2) is 53.4 Å². The standard InChI is InChI=1S/C20H25N3O2S/c1-4-23(14(2)3)16-11-9-15(10-12-16)22-20(25)17-7-5-6-8-18(17)26-13-19(21)24/h5-12,14H,4,13H2,1-3H3,(H2,21,24)(H,22,25).